The van der Waals surface area contributed by atoms with Crippen molar-refractivity contribution in [3.63, 3.8) is 0 Å². The molecule has 2 amide bonds. The standard InChI is InChI=1S/C28H41N3O5S/c1-22(2)29-28(33)30(18-17-23-9-5-4-6-10-23)20-25(32)21-31(19-24-11-7-8-12-24)37(34,35)27-15-13-26(36-3)14-16-27/h4-6,9-10,13-16,22,24-25,32H,7-8,11-12,17-21H2,1-3H3,(H,29,33)/t25-/m0/s1. The minimum Gasteiger partial charge on any atom is -0.497 e. The van der Waals surface area contributed by atoms with Crippen molar-refractivity contribution < 1.29 is 23.1 Å². The normalized spacial score (nSPS) is 15.2. The molecule has 0 bridgehead atoms. The highest BCUT2D eigenvalue weighted by atomic mass is 32.2. The summed E-state index contributed by atoms with van der Waals surface area (Å²) >= 11 is 0. The number of hydrogen-bond donors (Lipinski definition) is 2. The lowest BCUT2D eigenvalue weighted by atomic mass is 10.1. The summed E-state index contributed by atoms with van der Waals surface area (Å²) in [5.74, 6) is 0.838. The zero-order valence-corrected chi connectivity index (χ0v) is 23.0. The minimum absolute atomic E-state index is 0.0324. The number of urea groups is 1. The first-order valence-corrected chi connectivity index (χ1v) is 14.5. The van der Waals surface area contributed by atoms with Crippen molar-refractivity contribution in [2.75, 3.05) is 33.3 Å². The van der Waals surface area contributed by atoms with Gasteiger partial charge in [-0.15, -0.1) is 0 Å². The molecule has 1 atom stereocenters. The van der Waals surface area contributed by atoms with Crippen molar-refractivity contribution in [1.82, 2.24) is 14.5 Å². The maximum absolute atomic E-state index is 13.6. The van der Waals surface area contributed by atoms with Crippen molar-refractivity contribution in [2.45, 2.75) is 63.0 Å². The second kappa shape index (κ2) is 13.8. The molecule has 0 saturated heterocycles. The van der Waals surface area contributed by atoms with Crippen LogP contribution in [-0.4, -0.2) is 74.2 Å². The molecule has 1 aliphatic rings. The summed E-state index contributed by atoms with van der Waals surface area (Å²) in [7, 11) is -2.31. The van der Waals surface area contributed by atoms with Crippen LogP contribution in [0.4, 0.5) is 4.79 Å². The highest BCUT2D eigenvalue weighted by Gasteiger charge is 2.31. The highest BCUT2D eigenvalue weighted by molar-refractivity contribution is 7.89. The van der Waals surface area contributed by atoms with Crippen molar-refractivity contribution in [2.24, 2.45) is 5.92 Å². The van der Waals surface area contributed by atoms with Gasteiger partial charge in [-0.1, -0.05) is 43.2 Å². The predicted molar refractivity (Wildman–Crippen MR) is 145 cm³/mol. The molecule has 2 aromatic carbocycles. The van der Waals surface area contributed by atoms with Gasteiger partial charge < -0.3 is 20.1 Å². The van der Waals surface area contributed by atoms with E-state index in [0.29, 0.717) is 25.3 Å². The molecule has 37 heavy (non-hydrogen) atoms. The van der Waals surface area contributed by atoms with Gasteiger partial charge in [-0.25, -0.2) is 13.2 Å². The number of amides is 2. The van der Waals surface area contributed by atoms with Crippen LogP contribution in [-0.2, 0) is 16.4 Å². The number of sulfonamides is 1. The van der Waals surface area contributed by atoms with Crippen molar-refractivity contribution >= 4 is 16.1 Å². The molecule has 0 heterocycles. The molecule has 0 unspecified atom stereocenters. The van der Waals surface area contributed by atoms with Crippen LogP contribution in [0, 0.1) is 5.92 Å². The maximum Gasteiger partial charge on any atom is 0.317 e. The topological polar surface area (TPSA) is 99.2 Å². The van der Waals surface area contributed by atoms with Crippen molar-refractivity contribution in [3.8, 4) is 5.75 Å². The average molecular weight is 532 g/mol. The van der Waals surface area contributed by atoms with Crippen LogP contribution in [0.15, 0.2) is 59.5 Å². The Kier molecular flexibility index (Phi) is 10.8. The molecule has 8 nitrogen and oxygen atoms in total. The van der Waals surface area contributed by atoms with Crippen LogP contribution in [0.5, 0.6) is 5.75 Å². The average Bonchev–Trinajstić information content (AvgIpc) is 3.39. The van der Waals surface area contributed by atoms with Crippen molar-refractivity contribution in [3.05, 3.63) is 60.2 Å². The number of carbonyl (C=O) groups is 1. The predicted octanol–water partition coefficient (Wildman–Crippen LogP) is 3.90. The molecule has 0 aromatic heterocycles. The molecule has 1 fully saturated rings. The van der Waals surface area contributed by atoms with Crippen LogP contribution < -0.4 is 10.1 Å². The monoisotopic (exact) mass is 531 g/mol. The summed E-state index contributed by atoms with van der Waals surface area (Å²) in [4.78, 5) is 14.7. The van der Waals surface area contributed by atoms with Gasteiger partial charge in [0.25, 0.3) is 0 Å². The zero-order chi connectivity index (χ0) is 26.8. The van der Waals surface area contributed by atoms with Crippen LogP contribution in [0.1, 0.15) is 45.1 Å². The van der Waals surface area contributed by atoms with Crippen LogP contribution in [0.3, 0.4) is 0 Å². The van der Waals surface area contributed by atoms with Crippen LogP contribution >= 0.6 is 0 Å². The molecule has 2 N–H and O–H groups in total. The van der Waals surface area contributed by atoms with Gasteiger partial charge in [-0.05, 0) is 68.9 Å². The van der Waals surface area contributed by atoms with Gasteiger partial charge in [0, 0.05) is 32.2 Å². The third-order valence-electron chi connectivity index (χ3n) is 6.69. The van der Waals surface area contributed by atoms with Crippen molar-refractivity contribution in [1.29, 1.82) is 0 Å². The fourth-order valence-electron chi connectivity index (χ4n) is 4.72. The molecule has 1 aliphatic carbocycles. The number of aliphatic hydroxyl groups is 1. The second-order valence-corrected chi connectivity index (χ2v) is 12.0. The first-order chi connectivity index (χ1) is 17.7. The van der Waals surface area contributed by atoms with E-state index in [4.69, 9.17) is 4.74 Å². The number of carbonyl (C=O) groups excluding carboxylic acids is 1. The maximum atomic E-state index is 13.6. The highest BCUT2D eigenvalue weighted by Crippen LogP contribution is 2.28. The van der Waals surface area contributed by atoms with E-state index in [0.717, 1.165) is 31.2 Å². The van der Waals surface area contributed by atoms with Gasteiger partial charge in [0.15, 0.2) is 0 Å². The third kappa shape index (κ3) is 8.72. The number of rotatable bonds is 13. The molecule has 0 aliphatic heterocycles. The first kappa shape index (κ1) is 28.9. The van der Waals surface area contributed by atoms with E-state index in [1.807, 2.05) is 44.2 Å². The van der Waals surface area contributed by atoms with Gasteiger partial charge in [0.1, 0.15) is 5.75 Å². The number of nitrogens with one attached hydrogen (secondary N) is 1. The fourth-order valence-corrected chi connectivity index (χ4v) is 6.27. The summed E-state index contributed by atoms with van der Waals surface area (Å²) in [6.07, 6.45) is 3.73. The summed E-state index contributed by atoms with van der Waals surface area (Å²) in [5.41, 5.74) is 1.09. The Hall–Kier alpha value is -2.62. The molecule has 1 saturated carbocycles. The molecule has 9 heteroatoms. The SMILES string of the molecule is COc1ccc(S(=O)(=O)N(CC2CCCC2)C[C@@H](O)CN(CCc2ccccc2)C(=O)NC(C)C)cc1. The zero-order valence-electron chi connectivity index (χ0n) is 22.2. The van der Waals surface area contributed by atoms with Crippen LogP contribution in [0.2, 0.25) is 0 Å². The molecule has 3 rings (SSSR count). The Morgan fingerprint density at radius 1 is 1.05 bits per heavy atom. The lowest BCUT2D eigenvalue weighted by Crippen LogP contribution is -2.49. The molecule has 0 radical (unpaired) electrons. The van der Waals surface area contributed by atoms with E-state index >= 15 is 0 Å². The lowest BCUT2D eigenvalue weighted by Gasteiger charge is -2.31. The summed E-state index contributed by atoms with van der Waals surface area (Å²) in [6, 6.07) is 15.8. The lowest BCUT2D eigenvalue weighted by molar-refractivity contribution is 0.100. The second-order valence-electron chi connectivity index (χ2n) is 10.1. The molecule has 0 spiro atoms. The molecular formula is C28H41N3O5S. The number of benzene rings is 2. The van der Waals surface area contributed by atoms with E-state index < -0.39 is 16.1 Å². The Labute approximate surface area is 221 Å². The largest absolute Gasteiger partial charge is 0.497 e. The van der Waals surface area contributed by atoms with E-state index in [1.54, 1.807) is 17.0 Å². The first-order valence-electron chi connectivity index (χ1n) is 13.1. The smallest absolute Gasteiger partial charge is 0.317 e. The Balaban J connectivity index is 1.75. The van der Waals surface area contributed by atoms with Gasteiger partial charge in [-0.2, -0.15) is 4.31 Å². The summed E-state index contributed by atoms with van der Waals surface area (Å²) in [5, 5.41) is 14.0. The van der Waals surface area contributed by atoms with E-state index in [-0.39, 0.29) is 36.0 Å². The van der Waals surface area contributed by atoms with Gasteiger partial charge in [0.2, 0.25) is 10.0 Å². The summed E-state index contributed by atoms with van der Waals surface area (Å²) < 4.78 is 33.8. The van der Waals surface area contributed by atoms with E-state index in [9.17, 15) is 18.3 Å². The van der Waals surface area contributed by atoms with Gasteiger partial charge in [0.05, 0.1) is 18.1 Å². The Morgan fingerprint density at radius 3 is 2.30 bits per heavy atom. The Morgan fingerprint density at radius 2 is 1.70 bits per heavy atom. The minimum atomic E-state index is -3.84. The summed E-state index contributed by atoms with van der Waals surface area (Å²) in [6.45, 7) is 4.48. The Bertz CT molecular complexity index is 1070. The van der Waals surface area contributed by atoms with E-state index in [1.165, 1.54) is 23.5 Å². The molecule has 204 valence electrons. The van der Waals surface area contributed by atoms with Gasteiger partial charge >= 0.3 is 6.03 Å². The number of ether oxygens (including phenoxy) is 1. The van der Waals surface area contributed by atoms with Crippen LogP contribution in [0.25, 0.3) is 0 Å². The number of hydrogen-bond acceptors (Lipinski definition) is 5. The third-order valence-corrected chi connectivity index (χ3v) is 8.54. The van der Waals surface area contributed by atoms with E-state index in [2.05, 4.69) is 5.32 Å². The number of methoxy groups -OCH3 is 1. The van der Waals surface area contributed by atoms with Gasteiger partial charge in [-0.3, -0.25) is 0 Å². The number of aliphatic hydroxyl groups excluding tert-OH is 1. The quantitative estimate of drug-likeness (QED) is 0.409. The molecule has 2 aromatic rings. The number of nitrogens with zero attached hydrogens (tertiary/aromatic N) is 2. The molecular weight excluding hydrogens is 490 g/mol. The fraction of sp³-hybridized carbons (Fsp3) is 0.536.